The molecular formula is C28H31F3N8O3. The summed E-state index contributed by atoms with van der Waals surface area (Å²) in [6, 6.07) is 9.34. The van der Waals surface area contributed by atoms with Gasteiger partial charge in [0.05, 0.1) is 18.4 Å². The van der Waals surface area contributed by atoms with E-state index in [1.165, 1.54) is 27.9 Å². The number of hydrogen-bond acceptors (Lipinski definition) is 7. The number of anilines is 1. The van der Waals surface area contributed by atoms with E-state index in [0.717, 1.165) is 11.1 Å². The zero-order valence-corrected chi connectivity index (χ0v) is 23.0. The Hall–Kier alpha value is -4.20. The van der Waals surface area contributed by atoms with Crippen molar-refractivity contribution >= 4 is 34.4 Å². The Labute approximate surface area is 239 Å². The maximum absolute atomic E-state index is 14.0. The second-order valence-electron chi connectivity index (χ2n) is 11.1. The topological polar surface area (TPSA) is 109 Å². The fraction of sp³-hybridized carbons (Fsp3) is 0.464. The molecule has 3 amide bonds. The number of fused-ring (bicyclic) bond motifs is 1. The molecule has 3 aliphatic rings. The zero-order chi connectivity index (χ0) is 29.6. The number of piperazine rings is 1. The Bertz CT molecular complexity index is 1490. The highest BCUT2D eigenvalue weighted by molar-refractivity contribution is 5.98. The fourth-order valence-corrected chi connectivity index (χ4v) is 6.26. The van der Waals surface area contributed by atoms with Gasteiger partial charge in [-0.05, 0) is 38.1 Å². The molecule has 6 rings (SSSR count). The summed E-state index contributed by atoms with van der Waals surface area (Å²) < 4.78 is 40.6. The lowest BCUT2D eigenvalue weighted by Crippen LogP contribution is -2.60. The van der Waals surface area contributed by atoms with E-state index in [-0.39, 0.29) is 38.1 Å². The number of nitrogens with zero attached hydrogens (tertiary/aromatic N) is 7. The number of rotatable bonds is 4. The van der Waals surface area contributed by atoms with Crippen molar-refractivity contribution in [3.63, 3.8) is 0 Å². The van der Waals surface area contributed by atoms with Gasteiger partial charge >= 0.3 is 6.18 Å². The molecule has 1 N–H and O–H groups in total. The molecule has 0 saturated carbocycles. The van der Waals surface area contributed by atoms with Gasteiger partial charge in [0.25, 0.3) is 11.8 Å². The van der Waals surface area contributed by atoms with Crippen LogP contribution in [-0.4, -0.2) is 123 Å². The summed E-state index contributed by atoms with van der Waals surface area (Å²) in [7, 11) is 1.40. The third-order valence-corrected chi connectivity index (χ3v) is 8.70. The number of alkyl halides is 3. The Kier molecular flexibility index (Phi) is 7.03. The zero-order valence-electron chi connectivity index (χ0n) is 23.0. The number of aromatic amines is 1. The van der Waals surface area contributed by atoms with E-state index in [0.29, 0.717) is 37.1 Å². The van der Waals surface area contributed by atoms with Gasteiger partial charge in [0.2, 0.25) is 5.91 Å². The van der Waals surface area contributed by atoms with E-state index in [9.17, 15) is 27.6 Å². The summed E-state index contributed by atoms with van der Waals surface area (Å²) in [4.78, 5) is 52.3. The van der Waals surface area contributed by atoms with E-state index < -0.39 is 30.2 Å². The molecule has 1 spiro atoms. The van der Waals surface area contributed by atoms with Crippen molar-refractivity contribution in [2.75, 3.05) is 57.9 Å². The highest BCUT2D eigenvalue weighted by atomic mass is 19.4. The lowest BCUT2D eigenvalue weighted by molar-refractivity contribution is -0.194. The van der Waals surface area contributed by atoms with Gasteiger partial charge in [-0.15, -0.1) is 0 Å². The largest absolute Gasteiger partial charge is 0.405 e. The molecule has 2 aromatic heterocycles. The second kappa shape index (κ2) is 10.6. The first-order chi connectivity index (χ1) is 20.1. The summed E-state index contributed by atoms with van der Waals surface area (Å²) in [5, 5.41) is 7.42. The van der Waals surface area contributed by atoms with E-state index >= 15 is 0 Å². The molecule has 0 aliphatic carbocycles. The Morgan fingerprint density at radius 2 is 1.79 bits per heavy atom. The van der Waals surface area contributed by atoms with Crippen molar-refractivity contribution in [2.24, 2.45) is 0 Å². The predicted octanol–water partition coefficient (Wildman–Crippen LogP) is 1.94. The van der Waals surface area contributed by atoms with Crippen LogP contribution in [0.3, 0.4) is 0 Å². The third kappa shape index (κ3) is 4.93. The number of carbonyl (C=O) groups is 3. The molecule has 0 bridgehead atoms. The van der Waals surface area contributed by atoms with E-state index in [2.05, 4.69) is 15.2 Å². The van der Waals surface area contributed by atoms with Crippen LogP contribution in [0.4, 0.5) is 18.9 Å². The van der Waals surface area contributed by atoms with Gasteiger partial charge < -0.3 is 19.6 Å². The average Bonchev–Trinajstić information content (AvgIpc) is 3.56. The van der Waals surface area contributed by atoms with Crippen LogP contribution in [0.25, 0.3) is 11.0 Å². The normalized spacial score (nSPS) is 21.5. The number of para-hydroxylation sites is 1. The third-order valence-electron chi connectivity index (χ3n) is 8.70. The van der Waals surface area contributed by atoms with Crippen molar-refractivity contribution < 1.29 is 27.6 Å². The maximum Gasteiger partial charge on any atom is 0.405 e. The average molecular weight is 585 g/mol. The van der Waals surface area contributed by atoms with Gasteiger partial charge in [0, 0.05) is 50.0 Å². The number of halogens is 3. The molecule has 5 heterocycles. The number of pyridine rings is 1. The molecule has 3 aromatic rings. The molecular weight excluding hydrogens is 553 g/mol. The van der Waals surface area contributed by atoms with Gasteiger partial charge in [-0.2, -0.15) is 18.3 Å². The van der Waals surface area contributed by atoms with Gasteiger partial charge in [0.15, 0.2) is 5.65 Å². The summed E-state index contributed by atoms with van der Waals surface area (Å²) in [6.07, 6.45) is -0.691. The first-order valence-corrected chi connectivity index (χ1v) is 13.8. The van der Waals surface area contributed by atoms with Crippen molar-refractivity contribution in [3.8, 4) is 0 Å². The monoisotopic (exact) mass is 584 g/mol. The molecule has 3 saturated heterocycles. The summed E-state index contributed by atoms with van der Waals surface area (Å²) in [6.45, 7) is 0.225. The molecule has 14 heteroatoms. The van der Waals surface area contributed by atoms with Crippen LogP contribution in [0.2, 0.25) is 0 Å². The number of likely N-dealkylation sites (tertiary alicyclic amines) is 1. The van der Waals surface area contributed by atoms with Gasteiger partial charge in [-0.25, -0.2) is 4.98 Å². The second-order valence-corrected chi connectivity index (χ2v) is 11.1. The van der Waals surface area contributed by atoms with Crippen molar-refractivity contribution in [1.29, 1.82) is 0 Å². The summed E-state index contributed by atoms with van der Waals surface area (Å²) >= 11 is 0. The van der Waals surface area contributed by atoms with Crippen molar-refractivity contribution in [1.82, 2.24) is 34.8 Å². The number of hydrogen-bond donors (Lipinski definition) is 1. The molecule has 0 radical (unpaired) electrons. The number of likely N-dealkylation sites (N-methyl/N-ethyl adjacent to an activating group) is 1. The molecule has 42 heavy (non-hydrogen) atoms. The van der Waals surface area contributed by atoms with Crippen LogP contribution >= 0.6 is 0 Å². The van der Waals surface area contributed by atoms with Crippen molar-refractivity contribution in [2.45, 2.75) is 30.6 Å². The fourth-order valence-electron chi connectivity index (χ4n) is 6.26. The van der Waals surface area contributed by atoms with Crippen LogP contribution in [0.1, 0.15) is 23.2 Å². The first kappa shape index (κ1) is 27.9. The lowest BCUT2D eigenvalue weighted by atomic mass is 9.85. The molecule has 11 nitrogen and oxygen atoms in total. The number of nitrogens with one attached hydrogen (secondary N) is 1. The van der Waals surface area contributed by atoms with Crippen LogP contribution in [0.5, 0.6) is 0 Å². The number of aromatic nitrogens is 3. The van der Waals surface area contributed by atoms with Crippen LogP contribution in [0, 0.1) is 0 Å². The number of H-pyrrole nitrogens is 1. The molecule has 1 unspecified atom stereocenters. The van der Waals surface area contributed by atoms with E-state index in [1.807, 2.05) is 35.2 Å². The minimum Gasteiger partial charge on any atom is -0.339 e. The van der Waals surface area contributed by atoms with Crippen molar-refractivity contribution in [3.05, 3.63) is 54.4 Å². The van der Waals surface area contributed by atoms with Crippen LogP contribution < -0.4 is 4.90 Å². The molecule has 1 aromatic carbocycles. The standard InChI is InChI=1S/C28H31F3N8O3/c1-35-11-12-37(16-22(35)28(29,30)31)23(40)17-38-18-39(21-5-3-2-4-6-21)27(26(38)42)7-9-36(10-8-27)25(41)20-13-19-15-33-34-24(19)32-14-20/h2-6,13-15,22H,7-12,16-18H2,1H3,(H,32,33,34). The predicted molar refractivity (Wildman–Crippen MR) is 146 cm³/mol. The van der Waals surface area contributed by atoms with Gasteiger partial charge in [-0.3, -0.25) is 24.4 Å². The van der Waals surface area contributed by atoms with Crippen LogP contribution in [-0.2, 0) is 9.59 Å². The SMILES string of the molecule is CN1CCN(C(=O)CN2CN(c3ccccc3)C3(CCN(C(=O)c4cnc5[nH]ncc5c4)CC3)C2=O)CC1C(F)(F)F. The van der Waals surface area contributed by atoms with Gasteiger partial charge in [0.1, 0.15) is 18.1 Å². The smallest absolute Gasteiger partial charge is 0.339 e. The maximum atomic E-state index is 14.0. The lowest BCUT2D eigenvalue weighted by Gasteiger charge is -2.43. The highest BCUT2D eigenvalue weighted by Gasteiger charge is 2.55. The summed E-state index contributed by atoms with van der Waals surface area (Å²) in [5.41, 5.74) is 0.822. The summed E-state index contributed by atoms with van der Waals surface area (Å²) in [5.74, 6) is -0.959. The minimum absolute atomic E-state index is 0.0941. The molecule has 1 atom stereocenters. The number of carbonyl (C=O) groups excluding carboxylic acids is 3. The molecule has 3 fully saturated rings. The molecule has 3 aliphatic heterocycles. The number of amides is 3. The van der Waals surface area contributed by atoms with E-state index in [1.54, 1.807) is 17.2 Å². The quantitative estimate of drug-likeness (QED) is 0.500. The van der Waals surface area contributed by atoms with Crippen LogP contribution in [0.15, 0.2) is 48.8 Å². The van der Waals surface area contributed by atoms with E-state index in [4.69, 9.17) is 0 Å². The number of benzene rings is 1. The number of piperidine rings is 1. The minimum atomic E-state index is -4.46. The Balaban J connectivity index is 1.19. The van der Waals surface area contributed by atoms with Gasteiger partial charge in [-0.1, -0.05) is 18.2 Å². The Morgan fingerprint density at radius 3 is 2.50 bits per heavy atom. The highest BCUT2D eigenvalue weighted by Crippen LogP contribution is 2.40. The molecule has 222 valence electrons. The Morgan fingerprint density at radius 1 is 1.05 bits per heavy atom. The first-order valence-electron chi connectivity index (χ1n) is 13.8.